The van der Waals surface area contributed by atoms with Gasteiger partial charge in [0.15, 0.2) is 5.76 Å². The Morgan fingerprint density at radius 3 is 2.69 bits per heavy atom. The number of pyridine rings is 1. The van der Waals surface area contributed by atoms with Crippen LogP contribution in [0, 0.1) is 6.92 Å². The van der Waals surface area contributed by atoms with Crippen molar-refractivity contribution in [3.63, 3.8) is 0 Å². The molecule has 0 atom stereocenters. The van der Waals surface area contributed by atoms with E-state index in [1.165, 1.54) is 23.3 Å². The molecule has 0 bridgehead atoms. The van der Waals surface area contributed by atoms with Crippen LogP contribution in [0.3, 0.4) is 0 Å². The van der Waals surface area contributed by atoms with Gasteiger partial charge >= 0.3 is 0 Å². The molecule has 0 aliphatic carbocycles. The molecule has 4 nitrogen and oxygen atoms in total. The first-order chi connectivity index (χ1) is 12.8. The van der Waals surface area contributed by atoms with Crippen LogP contribution in [0.1, 0.15) is 24.2 Å². The van der Waals surface area contributed by atoms with Crippen LogP contribution in [0.5, 0.6) is 0 Å². The molecule has 4 rings (SSSR count). The molecule has 1 aromatic carbocycles. The van der Waals surface area contributed by atoms with Gasteiger partial charge in [-0.05, 0) is 57.1 Å². The predicted molar refractivity (Wildman–Crippen MR) is 105 cm³/mol. The second-order valence-corrected chi connectivity index (χ2v) is 8.20. The lowest BCUT2D eigenvalue weighted by molar-refractivity contribution is 0.200. The van der Waals surface area contributed by atoms with Gasteiger partial charge in [-0.2, -0.15) is 0 Å². The number of aryl methyl sites for hydroxylation is 1. The third kappa shape index (κ3) is 4.34. The van der Waals surface area contributed by atoms with Crippen molar-refractivity contribution in [1.82, 2.24) is 15.0 Å². The molecule has 26 heavy (non-hydrogen) atoms. The van der Waals surface area contributed by atoms with Gasteiger partial charge in [-0.1, -0.05) is 22.9 Å². The van der Waals surface area contributed by atoms with Crippen LogP contribution in [0.4, 0.5) is 0 Å². The molecule has 1 saturated heterocycles. The molecule has 1 aliphatic rings. The van der Waals surface area contributed by atoms with Crippen LogP contribution >= 0.6 is 11.8 Å². The lowest BCUT2D eigenvalue weighted by Crippen LogP contribution is -2.34. The van der Waals surface area contributed by atoms with Crippen molar-refractivity contribution in [2.45, 2.75) is 36.5 Å². The SMILES string of the molecule is Cc1cccc(SC2CCN(Cc3cc(-c4ccncc4)no3)CC2)c1. The molecule has 0 N–H and O–H groups in total. The molecule has 0 saturated carbocycles. The minimum atomic E-state index is 0.704. The molecule has 3 heterocycles. The van der Waals surface area contributed by atoms with Gasteiger partial charge in [-0.15, -0.1) is 11.8 Å². The lowest BCUT2D eigenvalue weighted by Gasteiger charge is -2.30. The van der Waals surface area contributed by atoms with E-state index in [1.54, 1.807) is 12.4 Å². The Morgan fingerprint density at radius 1 is 1.12 bits per heavy atom. The van der Waals surface area contributed by atoms with Crippen LogP contribution in [0.25, 0.3) is 11.3 Å². The van der Waals surface area contributed by atoms with Gasteiger partial charge in [0.2, 0.25) is 0 Å². The van der Waals surface area contributed by atoms with Crippen LogP contribution in [0.15, 0.2) is 64.3 Å². The standard InChI is InChI=1S/C21H23N3OS/c1-16-3-2-4-20(13-16)26-19-7-11-24(12-8-19)15-18-14-21(23-25-18)17-5-9-22-10-6-17/h2-6,9-10,13-14,19H,7-8,11-12,15H2,1H3. The largest absolute Gasteiger partial charge is 0.359 e. The van der Waals surface area contributed by atoms with Crippen molar-refractivity contribution < 1.29 is 4.52 Å². The van der Waals surface area contributed by atoms with Crippen LogP contribution in [0.2, 0.25) is 0 Å². The average molecular weight is 366 g/mol. The fourth-order valence-electron chi connectivity index (χ4n) is 3.33. The van der Waals surface area contributed by atoms with Crippen LogP contribution < -0.4 is 0 Å². The number of piperidine rings is 1. The highest BCUT2D eigenvalue weighted by Crippen LogP contribution is 2.31. The van der Waals surface area contributed by atoms with Gasteiger partial charge in [0, 0.05) is 34.2 Å². The lowest BCUT2D eigenvalue weighted by atomic mass is 10.1. The summed E-state index contributed by atoms with van der Waals surface area (Å²) in [4.78, 5) is 7.90. The molecular formula is C21H23N3OS. The van der Waals surface area contributed by atoms with E-state index in [2.05, 4.69) is 46.2 Å². The van der Waals surface area contributed by atoms with Crippen LogP contribution in [-0.4, -0.2) is 33.4 Å². The normalized spacial score (nSPS) is 16.0. The van der Waals surface area contributed by atoms with Crippen molar-refractivity contribution in [2.75, 3.05) is 13.1 Å². The Morgan fingerprint density at radius 2 is 1.92 bits per heavy atom. The Kier molecular flexibility index (Phi) is 5.37. The van der Waals surface area contributed by atoms with Gasteiger partial charge in [-0.3, -0.25) is 9.88 Å². The number of rotatable bonds is 5. The highest BCUT2D eigenvalue weighted by molar-refractivity contribution is 8.00. The van der Waals surface area contributed by atoms with Gasteiger partial charge in [0.1, 0.15) is 5.69 Å². The highest BCUT2D eigenvalue weighted by Gasteiger charge is 2.21. The van der Waals surface area contributed by atoms with Crippen molar-refractivity contribution in [1.29, 1.82) is 0 Å². The highest BCUT2D eigenvalue weighted by atomic mass is 32.2. The number of hydrogen-bond acceptors (Lipinski definition) is 5. The topological polar surface area (TPSA) is 42.2 Å². The molecule has 0 radical (unpaired) electrons. The second-order valence-electron chi connectivity index (χ2n) is 6.82. The predicted octanol–water partition coefficient (Wildman–Crippen LogP) is 4.80. The quantitative estimate of drug-likeness (QED) is 0.649. The molecule has 134 valence electrons. The molecule has 1 fully saturated rings. The van der Waals surface area contributed by atoms with Gasteiger partial charge in [-0.25, -0.2) is 0 Å². The molecule has 1 aliphatic heterocycles. The molecule has 0 amide bonds. The maximum atomic E-state index is 5.54. The Hall–Kier alpha value is -2.11. The Bertz CT molecular complexity index is 841. The smallest absolute Gasteiger partial charge is 0.151 e. The van der Waals surface area contributed by atoms with Gasteiger partial charge in [0.05, 0.1) is 6.54 Å². The summed E-state index contributed by atoms with van der Waals surface area (Å²) in [6.45, 7) is 5.20. The first-order valence-corrected chi connectivity index (χ1v) is 9.96. The van der Waals surface area contributed by atoms with Gasteiger partial charge < -0.3 is 4.52 Å². The number of benzene rings is 1. The molecule has 0 unspecified atom stereocenters. The summed E-state index contributed by atoms with van der Waals surface area (Å²) in [5, 5.41) is 4.90. The molecule has 2 aromatic heterocycles. The van der Waals surface area contributed by atoms with E-state index >= 15 is 0 Å². The maximum Gasteiger partial charge on any atom is 0.151 e. The fourth-order valence-corrected chi connectivity index (χ4v) is 4.58. The summed E-state index contributed by atoms with van der Waals surface area (Å²) in [5.41, 5.74) is 3.26. The third-order valence-corrected chi connectivity index (χ3v) is 6.07. The summed E-state index contributed by atoms with van der Waals surface area (Å²) >= 11 is 2.02. The second kappa shape index (κ2) is 8.06. The number of likely N-dealkylation sites (tertiary alicyclic amines) is 1. The van der Waals surface area contributed by atoms with E-state index in [4.69, 9.17) is 4.52 Å². The fraction of sp³-hybridized carbons (Fsp3) is 0.333. The van der Waals surface area contributed by atoms with E-state index in [0.29, 0.717) is 5.25 Å². The zero-order chi connectivity index (χ0) is 17.8. The minimum Gasteiger partial charge on any atom is -0.359 e. The first-order valence-electron chi connectivity index (χ1n) is 9.08. The van der Waals surface area contributed by atoms with Crippen molar-refractivity contribution in [3.05, 3.63) is 66.2 Å². The summed E-state index contributed by atoms with van der Waals surface area (Å²) in [6.07, 6.45) is 5.98. The number of nitrogens with zero attached hydrogens (tertiary/aromatic N) is 3. The number of aromatic nitrogens is 2. The molecule has 0 spiro atoms. The van der Waals surface area contributed by atoms with E-state index in [0.717, 1.165) is 36.7 Å². The number of hydrogen-bond donors (Lipinski definition) is 0. The Balaban J connectivity index is 1.29. The monoisotopic (exact) mass is 365 g/mol. The van der Waals surface area contributed by atoms with Gasteiger partial charge in [0.25, 0.3) is 0 Å². The molecule has 3 aromatic rings. The zero-order valence-corrected chi connectivity index (χ0v) is 15.8. The van der Waals surface area contributed by atoms with E-state index in [-0.39, 0.29) is 0 Å². The summed E-state index contributed by atoms with van der Waals surface area (Å²) < 4.78 is 5.54. The van der Waals surface area contributed by atoms with E-state index in [9.17, 15) is 0 Å². The summed E-state index contributed by atoms with van der Waals surface area (Å²) in [6, 6.07) is 14.8. The first kappa shape index (κ1) is 17.3. The molecule has 5 heteroatoms. The maximum absolute atomic E-state index is 5.54. The average Bonchev–Trinajstić information content (AvgIpc) is 3.13. The molecular weight excluding hydrogens is 342 g/mol. The summed E-state index contributed by atoms with van der Waals surface area (Å²) in [5.74, 6) is 0.932. The van der Waals surface area contributed by atoms with Crippen molar-refractivity contribution >= 4 is 11.8 Å². The van der Waals surface area contributed by atoms with E-state index < -0.39 is 0 Å². The van der Waals surface area contributed by atoms with Crippen molar-refractivity contribution in [2.24, 2.45) is 0 Å². The zero-order valence-electron chi connectivity index (χ0n) is 15.0. The third-order valence-electron chi connectivity index (χ3n) is 4.74. The van der Waals surface area contributed by atoms with Crippen LogP contribution in [-0.2, 0) is 6.54 Å². The summed E-state index contributed by atoms with van der Waals surface area (Å²) in [7, 11) is 0. The number of thioether (sulfide) groups is 1. The van der Waals surface area contributed by atoms with E-state index in [1.807, 2.05) is 30.0 Å². The van der Waals surface area contributed by atoms with Crippen molar-refractivity contribution in [3.8, 4) is 11.3 Å². The Labute approximate surface area is 158 Å². The minimum absolute atomic E-state index is 0.704.